The van der Waals surface area contributed by atoms with Crippen molar-refractivity contribution in [2.45, 2.75) is 24.2 Å². The molecule has 0 aliphatic heterocycles. The van der Waals surface area contributed by atoms with Crippen molar-refractivity contribution in [2.24, 2.45) is 0 Å². The van der Waals surface area contributed by atoms with Crippen LogP contribution in [0.2, 0.25) is 0 Å². The van der Waals surface area contributed by atoms with Crippen molar-refractivity contribution in [3.05, 3.63) is 35.4 Å². The fourth-order valence-corrected chi connectivity index (χ4v) is 2.01. The summed E-state index contributed by atoms with van der Waals surface area (Å²) in [5.74, 6) is 0. The Morgan fingerprint density at radius 2 is 2.00 bits per heavy atom. The standard InChI is InChI=1S/C11H15ClO3S/c1-8-5-4-6-9(7-8)10(13)11(2,12)16(3,14)15/h4-7,10,13H,1-3H3/t10-,11+/m0/s1. The van der Waals surface area contributed by atoms with E-state index in [1.807, 2.05) is 13.0 Å². The van der Waals surface area contributed by atoms with E-state index in [0.29, 0.717) is 5.56 Å². The van der Waals surface area contributed by atoms with Gasteiger partial charge in [0, 0.05) is 6.26 Å². The maximum atomic E-state index is 11.5. The molecule has 0 bridgehead atoms. The van der Waals surface area contributed by atoms with Crippen LogP contribution in [0, 0.1) is 6.92 Å². The van der Waals surface area contributed by atoms with Gasteiger partial charge in [-0.15, -0.1) is 0 Å². The molecule has 0 unspecified atom stereocenters. The Morgan fingerprint density at radius 3 is 2.44 bits per heavy atom. The number of sulfone groups is 1. The second kappa shape index (κ2) is 4.35. The third-order valence-corrected chi connectivity index (χ3v) is 5.29. The SMILES string of the molecule is Cc1cccc([C@H](O)[C@](C)(Cl)S(C)(=O)=O)c1. The Bertz CT molecular complexity index is 480. The average Bonchev–Trinajstić information content (AvgIpc) is 2.14. The van der Waals surface area contributed by atoms with E-state index in [4.69, 9.17) is 11.6 Å². The summed E-state index contributed by atoms with van der Waals surface area (Å²) in [5, 5.41) is 10.00. The van der Waals surface area contributed by atoms with Gasteiger partial charge >= 0.3 is 0 Å². The Morgan fingerprint density at radius 1 is 1.44 bits per heavy atom. The zero-order valence-corrected chi connectivity index (χ0v) is 11.0. The van der Waals surface area contributed by atoms with E-state index in [9.17, 15) is 13.5 Å². The predicted molar refractivity (Wildman–Crippen MR) is 65.2 cm³/mol. The van der Waals surface area contributed by atoms with Crippen molar-refractivity contribution in [3.63, 3.8) is 0 Å². The minimum absolute atomic E-state index is 0.503. The van der Waals surface area contributed by atoms with Crippen LogP contribution in [0.1, 0.15) is 24.2 Å². The molecular weight excluding hydrogens is 248 g/mol. The third-order valence-electron chi connectivity index (χ3n) is 2.57. The number of halogens is 1. The van der Waals surface area contributed by atoms with Crippen LogP contribution >= 0.6 is 11.6 Å². The molecule has 3 nitrogen and oxygen atoms in total. The van der Waals surface area contributed by atoms with Crippen molar-refractivity contribution in [1.29, 1.82) is 0 Å². The summed E-state index contributed by atoms with van der Waals surface area (Å²) in [7, 11) is -3.55. The van der Waals surface area contributed by atoms with Gasteiger partial charge in [0.15, 0.2) is 14.0 Å². The summed E-state index contributed by atoms with van der Waals surface area (Å²) >= 11 is 5.91. The van der Waals surface area contributed by atoms with Gasteiger partial charge in [-0.3, -0.25) is 0 Å². The lowest BCUT2D eigenvalue weighted by atomic mass is 10.0. The lowest BCUT2D eigenvalue weighted by molar-refractivity contribution is 0.163. The normalized spacial score (nSPS) is 17.8. The fraction of sp³-hybridized carbons (Fsp3) is 0.455. The molecule has 5 heteroatoms. The lowest BCUT2D eigenvalue weighted by Gasteiger charge is -2.26. The Hall–Kier alpha value is -0.580. The monoisotopic (exact) mass is 262 g/mol. The summed E-state index contributed by atoms with van der Waals surface area (Å²) in [6.07, 6.45) is -0.233. The van der Waals surface area contributed by atoms with Gasteiger partial charge in [0.1, 0.15) is 6.10 Å². The van der Waals surface area contributed by atoms with Gasteiger partial charge in [-0.2, -0.15) is 0 Å². The maximum Gasteiger partial charge on any atom is 0.172 e. The molecule has 0 amide bonds. The first-order chi connectivity index (χ1) is 7.16. The van der Waals surface area contributed by atoms with Gasteiger partial charge in [-0.05, 0) is 19.4 Å². The smallest absolute Gasteiger partial charge is 0.172 e. The molecule has 0 radical (unpaired) electrons. The van der Waals surface area contributed by atoms with Crippen LogP contribution in [0.25, 0.3) is 0 Å². The van der Waals surface area contributed by atoms with Crippen molar-refractivity contribution >= 4 is 21.4 Å². The van der Waals surface area contributed by atoms with Crippen LogP contribution in [-0.2, 0) is 9.84 Å². The zero-order valence-electron chi connectivity index (χ0n) is 9.44. The van der Waals surface area contributed by atoms with E-state index in [0.717, 1.165) is 11.8 Å². The molecule has 16 heavy (non-hydrogen) atoms. The third kappa shape index (κ3) is 2.56. The van der Waals surface area contributed by atoms with E-state index >= 15 is 0 Å². The predicted octanol–water partition coefficient (Wildman–Crippen LogP) is 2.03. The molecule has 1 N–H and O–H groups in total. The maximum absolute atomic E-state index is 11.5. The number of alkyl halides is 1. The molecule has 0 aromatic heterocycles. The number of rotatable bonds is 3. The second-order valence-corrected chi connectivity index (χ2v) is 7.48. The van der Waals surface area contributed by atoms with Crippen LogP contribution in [0.5, 0.6) is 0 Å². The van der Waals surface area contributed by atoms with E-state index in [1.54, 1.807) is 18.2 Å². The van der Waals surface area contributed by atoms with Crippen molar-refractivity contribution in [3.8, 4) is 0 Å². The molecule has 1 aromatic rings. The Labute approximate surface area is 101 Å². The number of benzene rings is 1. The van der Waals surface area contributed by atoms with Gasteiger partial charge < -0.3 is 5.11 Å². The second-order valence-electron chi connectivity index (χ2n) is 4.07. The minimum atomic E-state index is -3.55. The highest BCUT2D eigenvalue weighted by molar-refractivity contribution is 7.93. The van der Waals surface area contributed by atoms with Crippen molar-refractivity contribution < 1.29 is 13.5 Å². The summed E-state index contributed by atoms with van der Waals surface area (Å²) in [6, 6.07) is 6.99. The van der Waals surface area contributed by atoms with Gasteiger partial charge in [0.05, 0.1) is 0 Å². The summed E-state index contributed by atoms with van der Waals surface area (Å²) in [4.78, 5) is 0. The number of hydrogen-bond donors (Lipinski definition) is 1. The van der Waals surface area contributed by atoms with E-state index in [1.165, 1.54) is 6.92 Å². The van der Waals surface area contributed by atoms with Crippen LogP contribution < -0.4 is 0 Å². The molecule has 0 fully saturated rings. The molecule has 0 spiro atoms. The van der Waals surface area contributed by atoms with Crippen molar-refractivity contribution in [1.82, 2.24) is 0 Å². The lowest BCUT2D eigenvalue weighted by Crippen LogP contribution is -2.35. The summed E-state index contributed by atoms with van der Waals surface area (Å²) in [6.45, 7) is 3.17. The van der Waals surface area contributed by atoms with Crippen LogP contribution in [-0.4, -0.2) is 24.0 Å². The van der Waals surface area contributed by atoms with E-state index in [-0.39, 0.29) is 0 Å². The summed E-state index contributed by atoms with van der Waals surface area (Å²) < 4.78 is 21.2. The number of hydrogen-bond acceptors (Lipinski definition) is 3. The molecule has 2 atom stereocenters. The van der Waals surface area contributed by atoms with Crippen LogP contribution in [0.15, 0.2) is 24.3 Å². The molecule has 0 aliphatic carbocycles. The summed E-state index contributed by atoms with van der Waals surface area (Å²) in [5.41, 5.74) is 1.44. The van der Waals surface area contributed by atoms with E-state index in [2.05, 4.69) is 0 Å². The zero-order chi connectivity index (χ0) is 12.6. The van der Waals surface area contributed by atoms with Gasteiger partial charge in [-0.1, -0.05) is 41.4 Å². The molecule has 0 aliphatic rings. The Balaban J connectivity index is 3.17. The topological polar surface area (TPSA) is 54.4 Å². The highest BCUT2D eigenvalue weighted by atomic mass is 35.5. The highest BCUT2D eigenvalue weighted by Crippen LogP contribution is 2.36. The first-order valence-electron chi connectivity index (χ1n) is 4.79. The number of aliphatic hydroxyl groups excluding tert-OH is 1. The molecule has 90 valence electrons. The largest absolute Gasteiger partial charge is 0.385 e. The van der Waals surface area contributed by atoms with Crippen LogP contribution in [0.4, 0.5) is 0 Å². The molecule has 1 rings (SSSR count). The number of aryl methyl sites for hydroxylation is 1. The molecule has 1 aromatic carbocycles. The van der Waals surface area contributed by atoms with Gasteiger partial charge in [-0.25, -0.2) is 8.42 Å². The van der Waals surface area contributed by atoms with Crippen molar-refractivity contribution in [2.75, 3.05) is 6.26 Å². The molecule has 0 saturated carbocycles. The van der Waals surface area contributed by atoms with Gasteiger partial charge in [0.2, 0.25) is 0 Å². The molecule has 0 heterocycles. The van der Waals surface area contributed by atoms with E-state index < -0.39 is 20.1 Å². The number of aliphatic hydroxyl groups is 1. The van der Waals surface area contributed by atoms with Gasteiger partial charge in [0.25, 0.3) is 0 Å². The van der Waals surface area contributed by atoms with Crippen LogP contribution in [0.3, 0.4) is 0 Å². The highest BCUT2D eigenvalue weighted by Gasteiger charge is 2.41. The Kier molecular flexibility index (Phi) is 3.67. The first kappa shape index (κ1) is 13.5. The quantitative estimate of drug-likeness (QED) is 0.848. The first-order valence-corrected chi connectivity index (χ1v) is 7.06. The molecule has 0 saturated heterocycles. The fourth-order valence-electron chi connectivity index (χ4n) is 1.34. The average molecular weight is 263 g/mol. The minimum Gasteiger partial charge on any atom is -0.385 e. The molecular formula is C11H15ClO3S.